The second-order valence-corrected chi connectivity index (χ2v) is 6.99. The van der Waals surface area contributed by atoms with E-state index in [0.29, 0.717) is 6.54 Å². The Kier molecular flexibility index (Phi) is 6.38. The molecule has 0 unspecified atom stereocenters. The van der Waals surface area contributed by atoms with Crippen LogP contribution in [-0.4, -0.2) is 70.4 Å². The van der Waals surface area contributed by atoms with Crippen LogP contribution in [-0.2, 0) is 10.0 Å². The van der Waals surface area contributed by atoms with E-state index >= 15 is 0 Å². The quantitative estimate of drug-likeness (QED) is 0.716. The highest BCUT2D eigenvalue weighted by Gasteiger charge is 2.28. The fraction of sp³-hybridized carbons (Fsp3) is 0.615. The number of piperazine rings is 1. The van der Waals surface area contributed by atoms with Gasteiger partial charge in [0.05, 0.1) is 6.20 Å². The van der Waals surface area contributed by atoms with E-state index in [-0.39, 0.29) is 17.3 Å². The van der Waals surface area contributed by atoms with Gasteiger partial charge in [-0.15, -0.1) is 0 Å². The van der Waals surface area contributed by atoms with Crippen LogP contribution in [0.15, 0.2) is 23.2 Å². The molecule has 1 aliphatic rings. The van der Waals surface area contributed by atoms with Crippen molar-refractivity contribution in [3.63, 3.8) is 0 Å². The molecule has 0 radical (unpaired) electrons. The first-order chi connectivity index (χ1) is 11.3. The number of nitrogens with one attached hydrogen (secondary N) is 2. The van der Waals surface area contributed by atoms with Gasteiger partial charge in [0.25, 0.3) is 0 Å². The highest BCUT2D eigenvalue weighted by Crippen LogP contribution is 2.18. The monoisotopic (exact) mass is 368 g/mol. The number of hydrogen-bond acceptors (Lipinski definition) is 6. The number of rotatable bonds is 7. The van der Waals surface area contributed by atoms with Crippen LogP contribution in [0.3, 0.4) is 0 Å². The minimum atomic E-state index is -4.47. The Morgan fingerprint density at radius 2 is 2.00 bits per heavy atom. The molecule has 1 fully saturated rings. The molecule has 7 nitrogen and oxygen atoms in total. The molecule has 1 aliphatic heterocycles. The topological polar surface area (TPSA) is 83.6 Å². The smallest absolute Gasteiger partial charge is 0.422 e. The highest BCUT2D eigenvalue weighted by molar-refractivity contribution is 7.89. The van der Waals surface area contributed by atoms with Crippen LogP contribution in [0, 0.1) is 0 Å². The predicted octanol–water partition coefficient (Wildman–Crippen LogP) is 0.206. The van der Waals surface area contributed by atoms with Crippen molar-refractivity contribution < 1.29 is 26.3 Å². The molecule has 0 atom stereocenters. The normalized spacial score (nSPS) is 17.0. The summed E-state index contributed by atoms with van der Waals surface area (Å²) in [6.07, 6.45) is -3.50. The Hall–Kier alpha value is -1.43. The number of sulfonamides is 1. The lowest BCUT2D eigenvalue weighted by atomic mass is 10.3. The van der Waals surface area contributed by atoms with Gasteiger partial charge in [0, 0.05) is 45.3 Å². The number of aromatic nitrogens is 1. The molecular formula is C13H19F3N4O3S. The molecule has 1 aromatic rings. The molecule has 0 aliphatic carbocycles. The highest BCUT2D eigenvalue weighted by atomic mass is 32.2. The van der Waals surface area contributed by atoms with E-state index in [9.17, 15) is 21.6 Å². The fourth-order valence-corrected chi connectivity index (χ4v) is 3.09. The van der Waals surface area contributed by atoms with Crippen molar-refractivity contribution >= 4 is 10.0 Å². The van der Waals surface area contributed by atoms with Crippen LogP contribution in [0.4, 0.5) is 13.2 Å². The molecular weight excluding hydrogens is 349 g/mol. The number of hydrogen-bond donors (Lipinski definition) is 2. The molecule has 2 N–H and O–H groups in total. The third-order valence-electron chi connectivity index (χ3n) is 3.33. The van der Waals surface area contributed by atoms with E-state index in [1.807, 2.05) is 0 Å². The van der Waals surface area contributed by atoms with Crippen molar-refractivity contribution in [3.05, 3.63) is 18.3 Å². The summed E-state index contributed by atoms with van der Waals surface area (Å²) in [6.45, 7) is 2.81. The van der Waals surface area contributed by atoms with E-state index in [1.165, 1.54) is 0 Å². The molecule has 0 amide bonds. The molecule has 0 aromatic carbocycles. The van der Waals surface area contributed by atoms with Gasteiger partial charge in [0.15, 0.2) is 6.61 Å². The standard InChI is InChI=1S/C13H19F3N4O3S/c14-13(15,16)10-23-12-2-1-11(9-18-12)24(21,22)19-5-8-20-6-3-17-4-7-20/h1-2,9,17,19H,3-8,10H2. The SMILES string of the molecule is O=S(=O)(NCCN1CCNCC1)c1ccc(OCC(F)(F)F)nc1. The van der Waals surface area contributed by atoms with E-state index in [4.69, 9.17) is 0 Å². The van der Waals surface area contributed by atoms with Crippen molar-refractivity contribution in [1.29, 1.82) is 0 Å². The first kappa shape index (κ1) is 18.9. The molecule has 0 spiro atoms. The summed E-state index contributed by atoms with van der Waals surface area (Å²) in [5.41, 5.74) is 0. The van der Waals surface area contributed by atoms with E-state index < -0.39 is 22.8 Å². The number of alkyl halides is 3. The fourth-order valence-electron chi connectivity index (χ4n) is 2.12. The first-order valence-electron chi connectivity index (χ1n) is 7.35. The van der Waals surface area contributed by atoms with Gasteiger partial charge in [-0.2, -0.15) is 13.2 Å². The zero-order valence-corrected chi connectivity index (χ0v) is 13.7. The summed E-state index contributed by atoms with van der Waals surface area (Å²) in [5, 5.41) is 3.20. The van der Waals surface area contributed by atoms with Gasteiger partial charge in [-0.3, -0.25) is 4.90 Å². The Labute approximate surface area is 138 Å². The maximum atomic E-state index is 12.1. The molecule has 11 heteroatoms. The summed E-state index contributed by atoms with van der Waals surface area (Å²) in [4.78, 5) is 5.59. The first-order valence-corrected chi connectivity index (χ1v) is 8.83. The van der Waals surface area contributed by atoms with Gasteiger partial charge in [0.1, 0.15) is 4.90 Å². The molecule has 24 heavy (non-hydrogen) atoms. The lowest BCUT2D eigenvalue weighted by Crippen LogP contribution is -2.46. The third-order valence-corrected chi connectivity index (χ3v) is 4.78. The lowest BCUT2D eigenvalue weighted by molar-refractivity contribution is -0.154. The summed E-state index contributed by atoms with van der Waals surface area (Å²) < 4.78 is 67.2. The second kappa shape index (κ2) is 8.10. The summed E-state index contributed by atoms with van der Waals surface area (Å²) in [6, 6.07) is 2.25. The summed E-state index contributed by atoms with van der Waals surface area (Å²) in [5.74, 6) is -0.285. The van der Waals surface area contributed by atoms with Crippen LogP contribution in [0.2, 0.25) is 0 Å². The average Bonchev–Trinajstić information content (AvgIpc) is 2.53. The molecule has 1 aromatic heterocycles. The van der Waals surface area contributed by atoms with Crippen molar-refractivity contribution in [2.45, 2.75) is 11.1 Å². The molecule has 1 saturated heterocycles. The van der Waals surface area contributed by atoms with Crippen molar-refractivity contribution in [1.82, 2.24) is 19.9 Å². The number of pyridine rings is 1. The Morgan fingerprint density at radius 3 is 2.58 bits per heavy atom. The van der Waals surface area contributed by atoms with E-state index in [0.717, 1.165) is 44.5 Å². The predicted molar refractivity (Wildman–Crippen MR) is 80.3 cm³/mol. The van der Waals surface area contributed by atoms with Gasteiger partial charge in [-0.05, 0) is 6.07 Å². The zero-order chi connectivity index (χ0) is 17.6. The van der Waals surface area contributed by atoms with Crippen LogP contribution in [0.1, 0.15) is 0 Å². The van der Waals surface area contributed by atoms with Crippen molar-refractivity contribution in [2.24, 2.45) is 0 Å². The van der Waals surface area contributed by atoms with Crippen LogP contribution in [0.5, 0.6) is 5.88 Å². The maximum absolute atomic E-state index is 12.1. The lowest BCUT2D eigenvalue weighted by Gasteiger charge is -2.27. The Morgan fingerprint density at radius 1 is 1.29 bits per heavy atom. The molecule has 136 valence electrons. The van der Waals surface area contributed by atoms with Gasteiger partial charge >= 0.3 is 6.18 Å². The van der Waals surface area contributed by atoms with E-state index in [2.05, 4.69) is 24.7 Å². The van der Waals surface area contributed by atoms with Crippen LogP contribution >= 0.6 is 0 Å². The maximum Gasteiger partial charge on any atom is 0.422 e. The van der Waals surface area contributed by atoms with Gasteiger partial charge in [-0.1, -0.05) is 0 Å². The molecule has 2 heterocycles. The van der Waals surface area contributed by atoms with Gasteiger partial charge < -0.3 is 10.1 Å². The van der Waals surface area contributed by atoms with Gasteiger partial charge in [-0.25, -0.2) is 18.1 Å². The van der Waals surface area contributed by atoms with Crippen molar-refractivity contribution in [3.8, 4) is 5.88 Å². The minimum absolute atomic E-state index is 0.123. The van der Waals surface area contributed by atoms with Crippen LogP contribution < -0.4 is 14.8 Å². The number of ether oxygens (including phenoxy) is 1. The summed E-state index contributed by atoms with van der Waals surface area (Å²) >= 11 is 0. The minimum Gasteiger partial charge on any atom is -0.468 e. The Balaban J connectivity index is 1.84. The van der Waals surface area contributed by atoms with Gasteiger partial charge in [0.2, 0.25) is 15.9 Å². The largest absolute Gasteiger partial charge is 0.468 e. The molecule has 0 bridgehead atoms. The third kappa shape index (κ3) is 6.23. The Bertz CT molecular complexity index is 616. The zero-order valence-electron chi connectivity index (χ0n) is 12.8. The van der Waals surface area contributed by atoms with E-state index in [1.54, 1.807) is 0 Å². The molecule has 2 rings (SSSR count). The number of nitrogens with zero attached hydrogens (tertiary/aromatic N) is 2. The number of halogens is 3. The summed E-state index contributed by atoms with van der Waals surface area (Å²) in [7, 11) is -3.75. The average molecular weight is 368 g/mol. The van der Waals surface area contributed by atoms with Crippen LogP contribution in [0.25, 0.3) is 0 Å². The second-order valence-electron chi connectivity index (χ2n) is 5.23. The molecule has 0 saturated carbocycles. The van der Waals surface area contributed by atoms with Crippen molar-refractivity contribution in [2.75, 3.05) is 45.9 Å².